The number of allylic oxidation sites excluding steroid dienone is 7. The third kappa shape index (κ3) is 30.9. The van der Waals surface area contributed by atoms with Crippen molar-refractivity contribution in [1.82, 2.24) is 5.32 Å². The van der Waals surface area contributed by atoms with Gasteiger partial charge in [-0.25, -0.2) is 0 Å². The summed E-state index contributed by atoms with van der Waals surface area (Å²) in [5.41, 5.74) is 0. The second-order valence-electron chi connectivity index (χ2n) is 13.1. The van der Waals surface area contributed by atoms with Crippen LogP contribution in [0.1, 0.15) is 181 Å². The van der Waals surface area contributed by atoms with E-state index in [0.29, 0.717) is 6.42 Å². The van der Waals surface area contributed by atoms with Gasteiger partial charge in [-0.1, -0.05) is 165 Å². The summed E-state index contributed by atoms with van der Waals surface area (Å²) in [6, 6.07) is -0.821. The number of carbonyl (C=O) groups excluding carboxylic acids is 1. The molecule has 0 aliphatic heterocycles. The molecule has 0 saturated heterocycles. The van der Waals surface area contributed by atoms with Crippen LogP contribution in [0.3, 0.4) is 0 Å². The van der Waals surface area contributed by atoms with Gasteiger partial charge in [0.15, 0.2) is 0 Å². The average Bonchev–Trinajstić information content (AvgIpc) is 3.06. The number of amides is 1. The summed E-state index contributed by atoms with van der Waals surface area (Å²) >= 11 is 0. The van der Waals surface area contributed by atoms with Crippen molar-refractivity contribution in [3.8, 4) is 0 Å². The van der Waals surface area contributed by atoms with E-state index in [4.69, 9.17) is 0 Å². The van der Waals surface area contributed by atoms with Crippen LogP contribution < -0.4 is 5.32 Å². The molecule has 0 aromatic carbocycles. The fourth-order valence-corrected chi connectivity index (χ4v) is 5.57. The fourth-order valence-electron chi connectivity index (χ4n) is 5.57. The van der Waals surface area contributed by atoms with Crippen LogP contribution in [0, 0.1) is 0 Å². The molecule has 5 nitrogen and oxygen atoms in total. The summed E-state index contributed by atoms with van der Waals surface area (Å²) < 4.78 is 0. The zero-order chi connectivity index (χ0) is 33.8. The molecule has 268 valence electrons. The Kier molecular flexibility index (Phi) is 34.8. The molecule has 0 fully saturated rings. The van der Waals surface area contributed by atoms with Gasteiger partial charge in [0, 0.05) is 0 Å². The van der Waals surface area contributed by atoms with Crippen molar-refractivity contribution in [3.63, 3.8) is 0 Å². The maximum absolute atomic E-state index is 12.4. The van der Waals surface area contributed by atoms with E-state index in [1.54, 1.807) is 6.08 Å². The van der Waals surface area contributed by atoms with Crippen molar-refractivity contribution >= 4 is 5.91 Å². The van der Waals surface area contributed by atoms with Gasteiger partial charge in [0.1, 0.15) is 6.10 Å². The van der Waals surface area contributed by atoms with E-state index in [1.165, 1.54) is 109 Å². The molecule has 3 unspecified atom stereocenters. The highest BCUT2D eigenvalue weighted by Gasteiger charge is 2.22. The minimum atomic E-state index is -1.11. The quantitative estimate of drug-likeness (QED) is 0.0414. The fraction of sp³-hybridized carbons (Fsp3) is 0.780. The van der Waals surface area contributed by atoms with Crippen LogP contribution in [-0.4, -0.2) is 46.1 Å². The van der Waals surface area contributed by atoms with Gasteiger partial charge in [-0.2, -0.15) is 0 Å². The molecule has 0 rings (SSSR count). The normalized spacial score (nSPS) is 14.3. The Morgan fingerprint density at radius 2 is 0.957 bits per heavy atom. The van der Waals surface area contributed by atoms with Gasteiger partial charge in [0.2, 0.25) is 5.91 Å². The van der Waals surface area contributed by atoms with E-state index in [0.717, 1.165) is 51.4 Å². The average molecular weight is 646 g/mol. The number of rotatable bonds is 34. The number of aliphatic hydroxyl groups is 3. The molecular weight excluding hydrogens is 570 g/mol. The molecule has 0 aliphatic rings. The van der Waals surface area contributed by atoms with E-state index in [9.17, 15) is 20.1 Å². The summed E-state index contributed by atoms with van der Waals surface area (Å²) in [5.74, 6) is -0.526. The van der Waals surface area contributed by atoms with Crippen molar-refractivity contribution in [2.45, 2.75) is 199 Å². The lowest BCUT2D eigenvalue weighted by Crippen LogP contribution is -2.48. The number of aliphatic hydroxyl groups excluding tert-OH is 3. The summed E-state index contributed by atoms with van der Waals surface area (Å²) in [6.45, 7) is 4.03. The monoisotopic (exact) mass is 646 g/mol. The first kappa shape index (κ1) is 44.3. The second-order valence-corrected chi connectivity index (χ2v) is 13.1. The molecule has 1 amide bonds. The zero-order valence-corrected chi connectivity index (χ0v) is 30.2. The Morgan fingerprint density at radius 3 is 1.43 bits per heavy atom. The van der Waals surface area contributed by atoms with Crippen molar-refractivity contribution < 1.29 is 20.1 Å². The molecule has 0 radical (unpaired) electrons. The molecule has 0 saturated carbocycles. The minimum Gasteiger partial charge on any atom is -0.394 e. The molecule has 3 atom stereocenters. The highest BCUT2D eigenvalue weighted by Crippen LogP contribution is 2.14. The second kappa shape index (κ2) is 36.2. The predicted octanol–water partition coefficient (Wildman–Crippen LogP) is 10.6. The molecule has 4 N–H and O–H groups in total. The standard InChI is InChI=1S/C41H75NO4/c1-3-5-7-9-11-13-15-16-17-18-19-20-21-22-23-24-25-26-28-30-32-34-36-40(45)41(46)42-38(37-43)39(44)35-33-31-29-27-14-12-10-8-6-4-2/h6,8,14,22-23,27,33,35,38-40,43-45H,3-5,7,9-13,15-21,24-26,28-32,34,36-37H2,1-2H3,(H,42,46)/b8-6+,23-22-,27-14+,35-33+. The third-order valence-corrected chi connectivity index (χ3v) is 8.63. The van der Waals surface area contributed by atoms with E-state index in [2.05, 4.69) is 55.6 Å². The maximum atomic E-state index is 12.4. The van der Waals surface area contributed by atoms with Crippen LogP contribution in [0.15, 0.2) is 48.6 Å². The lowest BCUT2D eigenvalue weighted by molar-refractivity contribution is -0.131. The highest BCUT2D eigenvalue weighted by molar-refractivity contribution is 5.80. The van der Waals surface area contributed by atoms with Gasteiger partial charge in [0.25, 0.3) is 0 Å². The molecule has 0 spiro atoms. The number of hydrogen-bond acceptors (Lipinski definition) is 4. The lowest BCUT2D eigenvalue weighted by Gasteiger charge is -2.21. The molecule has 46 heavy (non-hydrogen) atoms. The van der Waals surface area contributed by atoms with E-state index >= 15 is 0 Å². The smallest absolute Gasteiger partial charge is 0.249 e. The van der Waals surface area contributed by atoms with Crippen molar-refractivity contribution in [2.24, 2.45) is 0 Å². The molecule has 0 aliphatic carbocycles. The van der Waals surface area contributed by atoms with Crippen LogP contribution in [0.4, 0.5) is 0 Å². The van der Waals surface area contributed by atoms with Crippen molar-refractivity contribution in [3.05, 3.63) is 48.6 Å². The summed E-state index contributed by atoms with van der Waals surface area (Å²) in [5, 5.41) is 32.9. The van der Waals surface area contributed by atoms with Crippen LogP contribution in [0.5, 0.6) is 0 Å². The third-order valence-electron chi connectivity index (χ3n) is 8.63. The van der Waals surface area contributed by atoms with E-state index in [1.807, 2.05) is 6.08 Å². The Hall–Kier alpha value is -1.69. The lowest BCUT2D eigenvalue weighted by atomic mass is 10.0. The first-order valence-corrected chi connectivity index (χ1v) is 19.5. The van der Waals surface area contributed by atoms with Gasteiger partial charge < -0.3 is 20.6 Å². The molecular formula is C41H75NO4. The summed E-state index contributed by atoms with van der Waals surface area (Å²) in [7, 11) is 0. The van der Waals surface area contributed by atoms with E-state index in [-0.39, 0.29) is 6.61 Å². The summed E-state index contributed by atoms with van der Waals surface area (Å²) in [6.07, 6.45) is 45.8. The van der Waals surface area contributed by atoms with Gasteiger partial charge in [-0.15, -0.1) is 0 Å². The maximum Gasteiger partial charge on any atom is 0.249 e. The summed E-state index contributed by atoms with van der Waals surface area (Å²) in [4.78, 5) is 12.4. The first-order valence-electron chi connectivity index (χ1n) is 19.5. The van der Waals surface area contributed by atoms with Crippen LogP contribution in [-0.2, 0) is 4.79 Å². The highest BCUT2D eigenvalue weighted by atomic mass is 16.3. The number of carbonyl (C=O) groups is 1. The minimum absolute atomic E-state index is 0.385. The molecule has 0 aromatic rings. The van der Waals surface area contributed by atoms with E-state index < -0.39 is 24.2 Å². The largest absolute Gasteiger partial charge is 0.394 e. The Morgan fingerprint density at radius 1 is 0.543 bits per heavy atom. The van der Waals surface area contributed by atoms with Gasteiger partial charge in [-0.05, 0) is 64.2 Å². The van der Waals surface area contributed by atoms with Crippen LogP contribution in [0.2, 0.25) is 0 Å². The van der Waals surface area contributed by atoms with Gasteiger partial charge in [-0.3, -0.25) is 4.79 Å². The molecule has 5 heteroatoms. The zero-order valence-electron chi connectivity index (χ0n) is 30.2. The number of hydrogen-bond donors (Lipinski definition) is 4. The van der Waals surface area contributed by atoms with Crippen LogP contribution >= 0.6 is 0 Å². The Balaban J connectivity index is 3.69. The number of unbranched alkanes of at least 4 members (excludes halogenated alkanes) is 20. The molecule has 0 aromatic heterocycles. The SMILES string of the molecule is CC/C=C/CC/C=C/CC/C=C/C(O)C(CO)NC(=O)C(O)CCCCCCCC/C=C\CCCCCCCCCCCCCC. The number of nitrogens with one attached hydrogen (secondary N) is 1. The predicted molar refractivity (Wildman–Crippen MR) is 199 cm³/mol. The van der Waals surface area contributed by atoms with Gasteiger partial charge >= 0.3 is 0 Å². The Bertz CT molecular complexity index is 760. The van der Waals surface area contributed by atoms with Crippen molar-refractivity contribution in [1.29, 1.82) is 0 Å². The molecule has 0 bridgehead atoms. The Labute approximate surface area is 285 Å². The van der Waals surface area contributed by atoms with Crippen LogP contribution in [0.25, 0.3) is 0 Å². The van der Waals surface area contributed by atoms with Gasteiger partial charge in [0.05, 0.1) is 18.8 Å². The topological polar surface area (TPSA) is 89.8 Å². The van der Waals surface area contributed by atoms with Crippen molar-refractivity contribution in [2.75, 3.05) is 6.61 Å². The first-order chi connectivity index (χ1) is 22.6. The molecule has 0 heterocycles.